The molecule has 1 aromatic heterocycles. The Morgan fingerprint density at radius 2 is 1.82 bits per heavy atom. The van der Waals surface area contributed by atoms with Gasteiger partial charge in [-0.15, -0.1) is 0 Å². The first-order valence-electron chi connectivity index (χ1n) is 9.27. The van der Waals surface area contributed by atoms with Crippen LogP contribution in [0.4, 0.5) is 4.39 Å². The van der Waals surface area contributed by atoms with Crippen LogP contribution in [0.1, 0.15) is 59.1 Å². The van der Waals surface area contributed by atoms with Gasteiger partial charge in [0, 0.05) is 29.2 Å². The maximum absolute atomic E-state index is 13.1. The number of oxazole rings is 1. The van der Waals surface area contributed by atoms with Gasteiger partial charge in [0.15, 0.2) is 0 Å². The van der Waals surface area contributed by atoms with Crippen LogP contribution in [-0.4, -0.2) is 21.8 Å². The zero-order chi connectivity index (χ0) is 20.9. The van der Waals surface area contributed by atoms with Crippen LogP contribution in [0.2, 0.25) is 0 Å². The van der Waals surface area contributed by atoms with Gasteiger partial charge in [-0.1, -0.05) is 32.9 Å². The van der Waals surface area contributed by atoms with E-state index in [1.54, 1.807) is 18.4 Å². The molecule has 0 atom stereocenters. The lowest BCUT2D eigenvalue weighted by atomic mass is 9.77. The van der Waals surface area contributed by atoms with Crippen molar-refractivity contribution in [2.45, 2.75) is 58.8 Å². The van der Waals surface area contributed by atoms with Crippen LogP contribution < -0.4 is 5.73 Å². The van der Waals surface area contributed by atoms with Gasteiger partial charge in [0.2, 0.25) is 5.89 Å². The van der Waals surface area contributed by atoms with Crippen LogP contribution in [0, 0.1) is 11.2 Å². The monoisotopic (exact) mass is 389 g/mol. The molecule has 0 spiro atoms. The molecule has 7 heteroatoms. The first kappa shape index (κ1) is 21.6. The summed E-state index contributed by atoms with van der Waals surface area (Å²) in [5.74, 6) is 0.350. The molecule has 28 heavy (non-hydrogen) atoms. The molecule has 0 aliphatic rings. The molecule has 2 rings (SSSR count). The van der Waals surface area contributed by atoms with E-state index in [1.807, 2.05) is 27.7 Å². The number of rotatable bonds is 9. The molecule has 0 unspecified atom stereocenters. The molecular weight excluding hydrogens is 361 g/mol. The number of nitrogens with two attached hydrogens (primary N) is 1. The molecule has 2 aromatic rings. The highest BCUT2D eigenvalue weighted by Crippen LogP contribution is 2.33. The molecule has 0 saturated carbocycles. The summed E-state index contributed by atoms with van der Waals surface area (Å²) in [4.78, 5) is 17.2. The molecule has 0 radical (unpaired) electrons. The van der Waals surface area contributed by atoms with Crippen molar-refractivity contribution in [2.75, 3.05) is 0 Å². The second-order valence-electron chi connectivity index (χ2n) is 8.33. The third-order valence-electron chi connectivity index (χ3n) is 5.16. The lowest BCUT2D eigenvalue weighted by Gasteiger charge is -2.26. The molecule has 0 fully saturated rings. The quantitative estimate of drug-likeness (QED) is 0.281. The van der Waals surface area contributed by atoms with Crippen LogP contribution in [-0.2, 0) is 10.2 Å². The van der Waals surface area contributed by atoms with Crippen molar-refractivity contribution >= 4 is 11.6 Å². The van der Waals surface area contributed by atoms with E-state index >= 15 is 0 Å². The Bertz CT molecular complexity index is 839. The molecule has 6 nitrogen and oxygen atoms in total. The highest BCUT2D eigenvalue weighted by atomic mass is 19.1. The number of nitrogens with zero attached hydrogens (tertiary/aromatic N) is 2. The Hall–Kier alpha value is -2.70. The van der Waals surface area contributed by atoms with Gasteiger partial charge in [-0.25, -0.2) is 9.37 Å². The topological polar surface area (TPSA) is 102 Å². The summed E-state index contributed by atoms with van der Waals surface area (Å²) in [5, 5.41) is 11.6. The average molecular weight is 389 g/mol. The van der Waals surface area contributed by atoms with Crippen molar-refractivity contribution in [1.82, 2.24) is 4.98 Å². The van der Waals surface area contributed by atoms with Crippen molar-refractivity contribution in [3.05, 3.63) is 42.0 Å². The van der Waals surface area contributed by atoms with Crippen molar-refractivity contribution in [3.8, 4) is 11.5 Å². The second kappa shape index (κ2) is 8.54. The zero-order valence-corrected chi connectivity index (χ0v) is 16.8. The summed E-state index contributed by atoms with van der Waals surface area (Å²) in [7, 11) is 0. The Balaban J connectivity index is 2.01. The molecule has 0 aliphatic carbocycles. The van der Waals surface area contributed by atoms with Crippen molar-refractivity contribution in [1.29, 1.82) is 0 Å². The number of aromatic nitrogens is 1. The summed E-state index contributed by atoms with van der Waals surface area (Å²) in [5.41, 5.74) is 6.03. The summed E-state index contributed by atoms with van der Waals surface area (Å²) < 4.78 is 18.6. The van der Waals surface area contributed by atoms with E-state index in [0.29, 0.717) is 37.1 Å². The number of amidine groups is 1. The number of carbonyl (C=O) groups excluding carboxylic acids is 1. The molecule has 3 N–H and O–H groups in total. The van der Waals surface area contributed by atoms with Crippen LogP contribution in [0.15, 0.2) is 40.1 Å². The van der Waals surface area contributed by atoms with Crippen LogP contribution in [0.5, 0.6) is 0 Å². The molecule has 0 bridgehead atoms. The van der Waals surface area contributed by atoms with Crippen LogP contribution in [0.3, 0.4) is 0 Å². The Kier molecular flexibility index (Phi) is 6.59. The minimum absolute atomic E-state index is 0.119. The number of hydrogen-bond donors (Lipinski definition) is 2. The van der Waals surface area contributed by atoms with Gasteiger partial charge in [0.25, 0.3) is 0 Å². The normalized spacial score (nSPS) is 13.0. The van der Waals surface area contributed by atoms with E-state index in [9.17, 15) is 9.18 Å². The van der Waals surface area contributed by atoms with Gasteiger partial charge >= 0.3 is 0 Å². The van der Waals surface area contributed by atoms with E-state index in [-0.39, 0.29) is 22.9 Å². The third kappa shape index (κ3) is 5.41. The minimum Gasteiger partial charge on any atom is -0.444 e. The largest absolute Gasteiger partial charge is 0.444 e. The van der Waals surface area contributed by atoms with Crippen molar-refractivity contribution < 1.29 is 18.8 Å². The van der Waals surface area contributed by atoms with E-state index in [4.69, 9.17) is 15.4 Å². The number of ketones is 1. The lowest BCUT2D eigenvalue weighted by molar-refractivity contribution is -0.127. The van der Waals surface area contributed by atoms with Gasteiger partial charge in [0.05, 0.1) is 5.69 Å². The predicted molar refractivity (Wildman–Crippen MR) is 106 cm³/mol. The smallest absolute Gasteiger partial charge is 0.226 e. The maximum Gasteiger partial charge on any atom is 0.226 e. The lowest BCUT2D eigenvalue weighted by Crippen LogP contribution is -2.28. The number of halogens is 1. The minimum atomic E-state index is -0.561. The molecule has 1 aromatic carbocycles. The Morgan fingerprint density at radius 3 is 2.43 bits per heavy atom. The van der Waals surface area contributed by atoms with Crippen molar-refractivity contribution in [3.63, 3.8) is 0 Å². The average Bonchev–Trinajstić information content (AvgIpc) is 3.16. The third-order valence-corrected chi connectivity index (χ3v) is 5.16. The molecular formula is C21H28FN3O3. The fourth-order valence-electron chi connectivity index (χ4n) is 2.83. The number of Topliss-reactive ketones (excluding diaryl/α,β-unsaturated/α-hetero) is 1. The van der Waals surface area contributed by atoms with Gasteiger partial charge < -0.3 is 15.4 Å². The second-order valence-corrected chi connectivity index (χ2v) is 8.33. The highest BCUT2D eigenvalue weighted by molar-refractivity contribution is 5.85. The summed E-state index contributed by atoms with van der Waals surface area (Å²) >= 11 is 0. The molecule has 0 saturated heterocycles. The van der Waals surface area contributed by atoms with Crippen LogP contribution >= 0.6 is 0 Å². The van der Waals surface area contributed by atoms with Crippen LogP contribution in [0.25, 0.3) is 11.5 Å². The number of benzene rings is 1. The van der Waals surface area contributed by atoms with E-state index in [2.05, 4.69) is 10.1 Å². The Morgan fingerprint density at radius 1 is 1.18 bits per heavy atom. The standard InChI is InChI=1S/C21H28FN3O3/c1-20(2,11-9-17(26)21(3,4)12-10-18(23)25-27)16-13-28-19(24-16)14-5-7-15(22)8-6-14/h5-8,13,27H,9-12H2,1-4H3,(H2,23,25). The first-order valence-corrected chi connectivity index (χ1v) is 9.27. The Labute approximate surface area is 164 Å². The van der Waals surface area contributed by atoms with Crippen molar-refractivity contribution in [2.24, 2.45) is 16.3 Å². The van der Waals surface area contributed by atoms with Gasteiger partial charge in [0.1, 0.15) is 23.7 Å². The number of carbonyl (C=O) groups is 1. The van der Waals surface area contributed by atoms with Gasteiger partial charge in [-0.3, -0.25) is 4.79 Å². The van der Waals surface area contributed by atoms with Gasteiger partial charge in [-0.05, 0) is 37.1 Å². The first-order chi connectivity index (χ1) is 13.0. The molecule has 0 amide bonds. The van der Waals surface area contributed by atoms with Gasteiger partial charge in [-0.2, -0.15) is 0 Å². The van der Waals surface area contributed by atoms with E-state index in [1.165, 1.54) is 12.1 Å². The predicted octanol–water partition coefficient (Wildman–Crippen LogP) is 4.66. The molecule has 0 aliphatic heterocycles. The van der Waals surface area contributed by atoms with E-state index in [0.717, 1.165) is 5.69 Å². The highest BCUT2D eigenvalue weighted by Gasteiger charge is 2.31. The maximum atomic E-state index is 13.1. The number of hydrogen-bond acceptors (Lipinski definition) is 5. The number of oxime groups is 1. The fourth-order valence-corrected chi connectivity index (χ4v) is 2.83. The summed E-state index contributed by atoms with van der Waals surface area (Å²) in [6.07, 6.45) is 3.46. The summed E-state index contributed by atoms with van der Waals surface area (Å²) in [6, 6.07) is 5.95. The summed E-state index contributed by atoms with van der Waals surface area (Å²) in [6.45, 7) is 7.76. The molecule has 1 heterocycles. The zero-order valence-electron chi connectivity index (χ0n) is 16.8. The SMILES string of the molecule is CC(C)(CC/C(N)=N/O)C(=O)CCC(C)(C)c1coc(-c2ccc(F)cc2)n1. The fraction of sp³-hybridized carbons (Fsp3) is 0.476. The molecule has 152 valence electrons. The van der Waals surface area contributed by atoms with E-state index < -0.39 is 5.41 Å².